The van der Waals surface area contributed by atoms with Crippen LogP contribution in [0.2, 0.25) is 0 Å². The fraction of sp³-hybridized carbons (Fsp3) is 0.381. The highest BCUT2D eigenvalue weighted by molar-refractivity contribution is 5.92. The Morgan fingerprint density at radius 2 is 1.44 bits per heavy atom. The molecule has 132 valence electrons. The molecule has 2 aromatic carbocycles. The summed E-state index contributed by atoms with van der Waals surface area (Å²) < 4.78 is 5.30. The number of hydrogen-bond donors (Lipinski definition) is 2. The lowest BCUT2D eigenvalue weighted by molar-refractivity contribution is -0.122. The van der Waals surface area contributed by atoms with Crippen LogP contribution in [-0.4, -0.2) is 19.1 Å². The zero-order chi connectivity index (χ0) is 17.6. The van der Waals surface area contributed by atoms with Crippen molar-refractivity contribution in [1.82, 2.24) is 0 Å². The first kappa shape index (κ1) is 17.5. The van der Waals surface area contributed by atoms with Gasteiger partial charge >= 0.3 is 0 Å². The Balaban J connectivity index is 1.57. The lowest BCUT2D eigenvalue weighted by Gasteiger charge is -2.21. The predicted molar refractivity (Wildman–Crippen MR) is 102 cm³/mol. The molecule has 25 heavy (non-hydrogen) atoms. The van der Waals surface area contributed by atoms with Crippen LogP contribution in [0, 0.1) is 5.92 Å². The Hall–Kier alpha value is -2.33. The summed E-state index contributed by atoms with van der Waals surface area (Å²) in [7, 11) is 0. The lowest BCUT2D eigenvalue weighted by atomic mass is 9.99. The average molecular weight is 338 g/mol. The van der Waals surface area contributed by atoms with Gasteiger partial charge < -0.3 is 15.4 Å². The number of anilines is 3. The SMILES string of the molecule is CC(C)c1ccc(Nc2ccc(NC(=O)C3CCOCC3)cc2)cc1. The zero-order valence-electron chi connectivity index (χ0n) is 14.9. The van der Waals surface area contributed by atoms with Crippen LogP contribution in [0.25, 0.3) is 0 Å². The molecule has 2 N–H and O–H groups in total. The van der Waals surface area contributed by atoms with E-state index >= 15 is 0 Å². The molecule has 1 heterocycles. The van der Waals surface area contributed by atoms with E-state index in [0.29, 0.717) is 19.1 Å². The molecule has 0 radical (unpaired) electrons. The number of carbonyl (C=O) groups excluding carboxylic acids is 1. The van der Waals surface area contributed by atoms with Crippen molar-refractivity contribution in [3.05, 3.63) is 54.1 Å². The van der Waals surface area contributed by atoms with Crippen molar-refractivity contribution in [3.63, 3.8) is 0 Å². The van der Waals surface area contributed by atoms with Gasteiger partial charge in [-0.25, -0.2) is 0 Å². The maximum atomic E-state index is 12.2. The van der Waals surface area contributed by atoms with Crippen LogP contribution >= 0.6 is 0 Å². The van der Waals surface area contributed by atoms with E-state index in [9.17, 15) is 4.79 Å². The summed E-state index contributed by atoms with van der Waals surface area (Å²) in [5.41, 5.74) is 4.22. The summed E-state index contributed by atoms with van der Waals surface area (Å²) in [5.74, 6) is 0.687. The standard InChI is InChI=1S/C21H26N2O2/c1-15(2)16-3-5-18(6-4-16)22-19-7-9-20(10-8-19)23-21(24)17-11-13-25-14-12-17/h3-10,15,17,22H,11-14H2,1-2H3,(H,23,24). The highest BCUT2D eigenvalue weighted by atomic mass is 16.5. The van der Waals surface area contributed by atoms with Crippen LogP contribution in [0.4, 0.5) is 17.1 Å². The molecular weight excluding hydrogens is 312 g/mol. The van der Waals surface area contributed by atoms with Crippen LogP contribution in [0.5, 0.6) is 0 Å². The number of nitrogens with one attached hydrogen (secondary N) is 2. The maximum absolute atomic E-state index is 12.2. The molecule has 1 amide bonds. The summed E-state index contributed by atoms with van der Waals surface area (Å²) in [5, 5.41) is 6.39. The van der Waals surface area contributed by atoms with E-state index in [1.54, 1.807) is 0 Å². The van der Waals surface area contributed by atoms with Gasteiger partial charge in [-0.05, 0) is 60.7 Å². The highest BCUT2D eigenvalue weighted by Gasteiger charge is 2.21. The van der Waals surface area contributed by atoms with Crippen LogP contribution in [0.15, 0.2) is 48.5 Å². The predicted octanol–water partition coefficient (Wildman–Crippen LogP) is 4.92. The molecule has 4 nitrogen and oxygen atoms in total. The summed E-state index contributed by atoms with van der Waals surface area (Å²) in [6.07, 6.45) is 1.61. The van der Waals surface area contributed by atoms with Gasteiger partial charge in [-0.2, -0.15) is 0 Å². The summed E-state index contributed by atoms with van der Waals surface area (Å²) in [6.45, 7) is 5.73. The highest BCUT2D eigenvalue weighted by Crippen LogP contribution is 2.23. The molecule has 0 bridgehead atoms. The zero-order valence-corrected chi connectivity index (χ0v) is 14.9. The Morgan fingerprint density at radius 1 is 0.920 bits per heavy atom. The van der Waals surface area contributed by atoms with Crippen LogP contribution in [0.3, 0.4) is 0 Å². The molecule has 0 saturated carbocycles. The molecule has 1 saturated heterocycles. The average Bonchev–Trinajstić information content (AvgIpc) is 2.64. The Bertz CT molecular complexity index is 687. The third-order valence-corrected chi connectivity index (χ3v) is 4.61. The molecule has 0 aromatic heterocycles. The van der Waals surface area contributed by atoms with Gasteiger partial charge in [0.15, 0.2) is 0 Å². The number of benzene rings is 2. The first-order valence-corrected chi connectivity index (χ1v) is 8.97. The molecule has 2 aromatic rings. The van der Waals surface area contributed by atoms with Crippen molar-refractivity contribution in [1.29, 1.82) is 0 Å². The molecule has 1 aliphatic heterocycles. The van der Waals surface area contributed by atoms with Gasteiger partial charge in [0.1, 0.15) is 0 Å². The molecule has 1 aliphatic rings. The molecule has 0 unspecified atom stereocenters. The molecule has 4 heteroatoms. The van der Waals surface area contributed by atoms with Gasteiger partial charge in [0.2, 0.25) is 5.91 Å². The van der Waals surface area contributed by atoms with Crippen molar-refractivity contribution < 1.29 is 9.53 Å². The van der Waals surface area contributed by atoms with Crippen molar-refractivity contribution in [2.75, 3.05) is 23.8 Å². The van der Waals surface area contributed by atoms with Gasteiger partial charge in [0.05, 0.1) is 0 Å². The third-order valence-electron chi connectivity index (χ3n) is 4.61. The van der Waals surface area contributed by atoms with Crippen LogP contribution in [-0.2, 0) is 9.53 Å². The van der Waals surface area contributed by atoms with E-state index in [1.165, 1.54) is 5.56 Å². The van der Waals surface area contributed by atoms with E-state index in [0.717, 1.165) is 29.9 Å². The molecule has 0 atom stereocenters. The van der Waals surface area contributed by atoms with Crippen molar-refractivity contribution >= 4 is 23.0 Å². The number of hydrogen-bond acceptors (Lipinski definition) is 3. The van der Waals surface area contributed by atoms with Gasteiger partial charge in [-0.3, -0.25) is 4.79 Å². The van der Waals surface area contributed by atoms with Crippen molar-refractivity contribution in [2.24, 2.45) is 5.92 Å². The van der Waals surface area contributed by atoms with E-state index in [-0.39, 0.29) is 11.8 Å². The van der Waals surface area contributed by atoms with Gasteiger partial charge in [-0.1, -0.05) is 26.0 Å². The van der Waals surface area contributed by atoms with Gasteiger partial charge in [0.25, 0.3) is 0 Å². The number of ether oxygens (including phenoxy) is 1. The van der Waals surface area contributed by atoms with Crippen LogP contribution in [0.1, 0.15) is 38.2 Å². The second kappa shape index (κ2) is 8.17. The van der Waals surface area contributed by atoms with Gasteiger partial charge in [-0.15, -0.1) is 0 Å². The topological polar surface area (TPSA) is 50.4 Å². The minimum atomic E-state index is 0.0611. The summed E-state index contributed by atoms with van der Waals surface area (Å²) in [4.78, 5) is 12.2. The third kappa shape index (κ3) is 4.83. The largest absolute Gasteiger partial charge is 0.381 e. The number of amides is 1. The normalized spacial score (nSPS) is 15.2. The minimum absolute atomic E-state index is 0.0611. The van der Waals surface area contributed by atoms with Crippen LogP contribution < -0.4 is 10.6 Å². The summed E-state index contributed by atoms with van der Waals surface area (Å²) in [6, 6.07) is 16.3. The fourth-order valence-electron chi connectivity index (χ4n) is 2.96. The van der Waals surface area contributed by atoms with Crippen molar-refractivity contribution in [2.45, 2.75) is 32.6 Å². The first-order valence-electron chi connectivity index (χ1n) is 8.97. The molecular formula is C21H26N2O2. The molecule has 1 fully saturated rings. The first-order chi connectivity index (χ1) is 12.1. The minimum Gasteiger partial charge on any atom is -0.381 e. The second-order valence-corrected chi connectivity index (χ2v) is 6.85. The van der Waals surface area contributed by atoms with E-state index in [2.05, 4.69) is 48.7 Å². The van der Waals surface area contributed by atoms with E-state index in [4.69, 9.17) is 4.74 Å². The second-order valence-electron chi connectivity index (χ2n) is 6.85. The Morgan fingerprint density at radius 3 is 2.00 bits per heavy atom. The quantitative estimate of drug-likeness (QED) is 0.813. The summed E-state index contributed by atoms with van der Waals surface area (Å²) >= 11 is 0. The smallest absolute Gasteiger partial charge is 0.227 e. The molecule has 0 spiro atoms. The monoisotopic (exact) mass is 338 g/mol. The fourth-order valence-corrected chi connectivity index (χ4v) is 2.96. The Kier molecular flexibility index (Phi) is 5.71. The maximum Gasteiger partial charge on any atom is 0.227 e. The van der Waals surface area contributed by atoms with E-state index in [1.807, 2.05) is 24.3 Å². The lowest BCUT2D eigenvalue weighted by Crippen LogP contribution is -2.28. The number of rotatable bonds is 5. The number of carbonyl (C=O) groups is 1. The van der Waals surface area contributed by atoms with Gasteiger partial charge in [0, 0.05) is 36.2 Å². The van der Waals surface area contributed by atoms with Crippen molar-refractivity contribution in [3.8, 4) is 0 Å². The van der Waals surface area contributed by atoms with E-state index < -0.39 is 0 Å². The molecule has 3 rings (SSSR count). The Labute approximate surface area is 149 Å². The molecule has 0 aliphatic carbocycles.